The summed E-state index contributed by atoms with van der Waals surface area (Å²) >= 11 is 0. The minimum Gasteiger partial charge on any atom is -0.479 e. The van der Waals surface area contributed by atoms with E-state index in [-0.39, 0.29) is 11.5 Å². The van der Waals surface area contributed by atoms with Crippen LogP contribution in [0.15, 0.2) is 24.3 Å². The number of carbonyl (C=O) groups excluding carboxylic acids is 2. The molecule has 0 aliphatic rings. The van der Waals surface area contributed by atoms with Crippen LogP contribution >= 0.6 is 0 Å². The molecule has 0 heterocycles. The first kappa shape index (κ1) is 14.7. The second-order valence-corrected chi connectivity index (χ2v) is 3.83. The van der Waals surface area contributed by atoms with Gasteiger partial charge in [-0.15, -0.1) is 0 Å². The molecule has 1 atom stereocenters. The molecular formula is C12H14N2O5. The standard InChI is InChI=1S/C12H14N2O5/c1-7(15)14-9-4-2-3-8(5-9)11(17)13-6-10(16)12(18)19/h2-5,10,16H,6H2,1H3,(H,13,17)(H,14,15)(H,18,19)/t10-/m0/s1. The Morgan fingerprint density at radius 2 is 2.00 bits per heavy atom. The number of anilines is 1. The molecule has 0 saturated carbocycles. The highest BCUT2D eigenvalue weighted by Gasteiger charge is 2.15. The van der Waals surface area contributed by atoms with Gasteiger partial charge in [0.1, 0.15) is 0 Å². The van der Waals surface area contributed by atoms with Crippen molar-refractivity contribution in [3.05, 3.63) is 29.8 Å². The molecule has 0 radical (unpaired) electrons. The molecule has 102 valence electrons. The molecule has 1 aromatic carbocycles. The molecule has 1 rings (SSSR count). The van der Waals surface area contributed by atoms with Gasteiger partial charge < -0.3 is 20.8 Å². The lowest BCUT2D eigenvalue weighted by molar-refractivity contribution is -0.146. The van der Waals surface area contributed by atoms with Gasteiger partial charge in [0.2, 0.25) is 5.91 Å². The number of benzene rings is 1. The molecule has 7 heteroatoms. The molecule has 4 N–H and O–H groups in total. The zero-order valence-electron chi connectivity index (χ0n) is 10.2. The van der Waals surface area contributed by atoms with Crippen molar-refractivity contribution >= 4 is 23.5 Å². The fourth-order valence-electron chi connectivity index (χ4n) is 1.32. The van der Waals surface area contributed by atoms with Crippen molar-refractivity contribution < 1.29 is 24.6 Å². The Morgan fingerprint density at radius 3 is 2.58 bits per heavy atom. The molecule has 19 heavy (non-hydrogen) atoms. The highest BCUT2D eigenvalue weighted by Crippen LogP contribution is 2.10. The quantitative estimate of drug-likeness (QED) is 0.590. The van der Waals surface area contributed by atoms with Gasteiger partial charge in [-0.25, -0.2) is 4.79 Å². The summed E-state index contributed by atoms with van der Waals surface area (Å²) < 4.78 is 0. The SMILES string of the molecule is CC(=O)Nc1cccc(C(=O)NC[C@H](O)C(=O)O)c1. The van der Waals surface area contributed by atoms with Crippen molar-refractivity contribution in [2.45, 2.75) is 13.0 Å². The van der Waals surface area contributed by atoms with Gasteiger partial charge in [-0.3, -0.25) is 9.59 Å². The van der Waals surface area contributed by atoms with Crippen LogP contribution in [0.4, 0.5) is 5.69 Å². The summed E-state index contributed by atoms with van der Waals surface area (Å²) in [5.41, 5.74) is 0.711. The van der Waals surface area contributed by atoms with Crippen LogP contribution in [0.3, 0.4) is 0 Å². The van der Waals surface area contributed by atoms with Crippen molar-refractivity contribution in [2.24, 2.45) is 0 Å². The fraction of sp³-hybridized carbons (Fsp3) is 0.250. The van der Waals surface area contributed by atoms with E-state index >= 15 is 0 Å². The Morgan fingerprint density at radius 1 is 1.32 bits per heavy atom. The van der Waals surface area contributed by atoms with Crippen LogP contribution in [0, 0.1) is 0 Å². The monoisotopic (exact) mass is 266 g/mol. The molecule has 0 aliphatic carbocycles. The van der Waals surface area contributed by atoms with E-state index in [9.17, 15) is 14.4 Å². The van der Waals surface area contributed by atoms with Crippen molar-refractivity contribution in [1.29, 1.82) is 0 Å². The number of aliphatic carboxylic acids is 1. The van der Waals surface area contributed by atoms with Crippen molar-refractivity contribution in [3.63, 3.8) is 0 Å². The zero-order chi connectivity index (χ0) is 14.4. The number of hydrogen-bond acceptors (Lipinski definition) is 4. The molecule has 0 saturated heterocycles. The van der Waals surface area contributed by atoms with Crippen LogP contribution in [0.2, 0.25) is 0 Å². The first-order chi connectivity index (χ1) is 8.90. The number of carbonyl (C=O) groups is 3. The Kier molecular flexibility index (Phi) is 5.01. The third kappa shape index (κ3) is 4.76. The molecule has 0 aliphatic heterocycles. The van der Waals surface area contributed by atoms with Crippen LogP contribution in [0.25, 0.3) is 0 Å². The van der Waals surface area contributed by atoms with Gasteiger partial charge in [0.05, 0.1) is 6.54 Å². The number of rotatable bonds is 5. The van der Waals surface area contributed by atoms with Gasteiger partial charge in [0, 0.05) is 18.2 Å². The van der Waals surface area contributed by atoms with E-state index in [0.717, 1.165) is 0 Å². The van der Waals surface area contributed by atoms with E-state index in [0.29, 0.717) is 5.69 Å². The zero-order valence-corrected chi connectivity index (χ0v) is 10.2. The van der Waals surface area contributed by atoms with Gasteiger partial charge in [-0.2, -0.15) is 0 Å². The minimum absolute atomic E-state index is 0.254. The second-order valence-electron chi connectivity index (χ2n) is 3.83. The maximum Gasteiger partial charge on any atom is 0.334 e. The van der Waals surface area contributed by atoms with E-state index in [1.165, 1.54) is 19.1 Å². The maximum absolute atomic E-state index is 11.7. The Balaban J connectivity index is 2.66. The smallest absolute Gasteiger partial charge is 0.334 e. The molecule has 1 aromatic rings. The Bertz CT molecular complexity index is 501. The lowest BCUT2D eigenvalue weighted by atomic mass is 10.2. The average Bonchev–Trinajstić information content (AvgIpc) is 2.34. The van der Waals surface area contributed by atoms with Crippen molar-refractivity contribution in [2.75, 3.05) is 11.9 Å². The topological polar surface area (TPSA) is 116 Å². The Labute approximate surface area is 109 Å². The number of carboxylic acid groups (broad SMARTS) is 1. The predicted molar refractivity (Wildman–Crippen MR) is 66.7 cm³/mol. The first-order valence-electron chi connectivity index (χ1n) is 5.47. The van der Waals surface area contributed by atoms with Crippen LogP contribution in [0.1, 0.15) is 17.3 Å². The summed E-state index contributed by atoms with van der Waals surface area (Å²) in [7, 11) is 0. The van der Waals surface area contributed by atoms with Gasteiger partial charge in [-0.1, -0.05) is 6.07 Å². The predicted octanol–water partition coefficient (Wildman–Crippen LogP) is -0.180. The molecule has 0 bridgehead atoms. The van der Waals surface area contributed by atoms with Crippen LogP contribution in [-0.2, 0) is 9.59 Å². The van der Waals surface area contributed by atoms with E-state index in [2.05, 4.69) is 10.6 Å². The van der Waals surface area contributed by atoms with Crippen LogP contribution in [0.5, 0.6) is 0 Å². The normalized spacial score (nSPS) is 11.5. The van der Waals surface area contributed by atoms with Crippen molar-refractivity contribution in [3.8, 4) is 0 Å². The minimum atomic E-state index is -1.65. The fourth-order valence-corrected chi connectivity index (χ4v) is 1.32. The summed E-state index contributed by atoms with van der Waals surface area (Å²) in [5, 5.41) is 22.3. The summed E-state index contributed by atoms with van der Waals surface area (Å²) in [6.45, 7) is 0.953. The number of amides is 2. The van der Waals surface area contributed by atoms with E-state index in [1.54, 1.807) is 12.1 Å². The van der Waals surface area contributed by atoms with E-state index in [4.69, 9.17) is 10.2 Å². The van der Waals surface area contributed by atoms with Crippen LogP contribution < -0.4 is 10.6 Å². The highest BCUT2D eigenvalue weighted by molar-refractivity contribution is 5.97. The summed E-state index contributed by atoms with van der Waals surface area (Å²) in [5.74, 6) is -2.21. The van der Waals surface area contributed by atoms with Gasteiger partial charge >= 0.3 is 5.97 Å². The average molecular weight is 266 g/mol. The molecule has 0 aromatic heterocycles. The molecule has 0 fully saturated rings. The highest BCUT2D eigenvalue weighted by atomic mass is 16.4. The number of aliphatic hydroxyl groups is 1. The molecule has 2 amide bonds. The summed E-state index contributed by atoms with van der Waals surface area (Å²) in [6, 6.07) is 6.15. The lowest BCUT2D eigenvalue weighted by Gasteiger charge is -2.09. The number of nitrogens with one attached hydrogen (secondary N) is 2. The number of hydrogen-bond donors (Lipinski definition) is 4. The molecule has 0 unspecified atom stereocenters. The van der Waals surface area contributed by atoms with E-state index < -0.39 is 24.5 Å². The maximum atomic E-state index is 11.7. The third-order valence-corrected chi connectivity index (χ3v) is 2.19. The second kappa shape index (κ2) is 6.50. The molecular weight excluding hydrogens is 252 g/mol. The molecule has 0 spiro atoms. The van der Waals surface area contributed by atoms with E-state index in [1.807, 2.05) is 0 Å². The van der Waals surface area contributed by atoms with Crippen LogP contribution in [-0.4, -0.2) is 40.6 Å². The third-order valence-electron chi connectivity index (χ3n) is 2.19. The Hall–Kier alpha value is -2.41. The van der Waals surface area contributed by atoms with Gasteiger partial charge in [0.25, 0.3) is 5.91 Å². The molecule has 7 nitrogen and oxygen atoms in total. The summed E-state index contributed by atoms with van der Waals surface area (Å²) in [4.78, 5) is 32.9. The largest absolute Gasteiger partial charge is 0.479 e. The number of carboxylic acids is 1. The van der Waals surface area contributed by atoms with Crippen molar-refractivity contribution in [1.82, 2.24) is 5.32 Å². The first-order valence-corrected chi connectivity index (χ1v) is 5.47. The van der Waals surface area contributed by atoms with Gasteiger partial charge in [0.15, 0.2) is 6.10 Å². The lowest BCUT2D eigenvalue weighted by Crippen LogP contribution is -2.36. The summed E-state index contributed by atoms with van der Waals surface area (Å²) in [6.07, 6.45) is -1.65. The number of aliphatic hydroxyl groups excluding tert-OH is 1. The van der Waals surface area contributed by atoms with Gasteiger partial charge in [-0.05, 0) is 18.2 Å².